The molecule has 5 nitrogen and oxygen atoms in total. The van der Waals surface area contributed by atoms with Gasteiger partial charge in [0.1, 0.15) is 18.3 Å². The van der Waals surface area contributed by atoms with Gasteiger partial charge in [-0.25, -0.2) is 0 Å². The number of hydrogen-bond donors (Lipinski definition) is 1. The maximum atomic E-state index is 12.2. The lowest BCUT2D eigenvalue weighted by Crippen LogP contribution is -2.57. The Morgan fingerprint density at radius 1 is 1.50 bits per heavy atom. The standard InChI is InChI=1S/C13H18N2O3/c1-9(2)6-11-13(17)15(8-12(16)14-11)7-10-4-3-5-18-10/h3-5,9,11H,6-8H2,1-2H3,(H,14,16). The van der Waals surface area contributed by atoms with Crippen molar-refractivity contribution in [3.63, 3.8) is 0 Å². The smallest absolute Gasteiger partial charge is 0.246 e. The molecule has 0 aromatic carbocycles. The van der Waals surface area contributed by atoms with Gasteiger partial charge in [0.2, 0.25) is 11.8 Å². The van der Waals surface area contributed by atoms with Crippen LogP contribution in [0.5, 0.6) is 0 Å². The van der Waals surface area contributed by atoms with E-state index in [1.54, 1.807) is 23.3 Å². The second kappa shape index (κ2) is 5.25. The van der Waals surface area contributed by atoms with Crippen molar-refractivity contribution in [1.82, 2.24) is 10.2 Å². The molecule has 18 heavy (non-hydrogen) atoms. The number of rotatable bonds is 4. The van der Waals surface area contributed by atoms with Crippen LogP contribution in [0.3, 0.4) is 0 Å². The van der Waals surface area contributed by atoms with Crippen molar-refractivity contribution >= 4 is 11.8 Å². The van der Waals surface area contributed by atoms with Crippen molar-refractivity contribution in [3.8, 4) is 0 Å². The summed E-state index contributed by atoms with van der Waals surface area (Å²) in [7, 11) is 0. The minimum Gasteiger partial charge on any atom is -0.467 e. The molecule has 0 spiro atoms. The lowest BCUT2D eigenvalue weighted by Gasteiger charge is -2.32. The average Bonchev–Trinajstić information content (AvgIpc) is 2.77. The van der Waals surface area contributed by atoms with Crippen LogP contribution in [0.1, 0.15) is 26.0 Å². The van der Waals surface area contributed by atoms with Crippen molar-refractivity contribution in [1.29, 1.82) is 0 Å². The summed E-state index contributed by atoms with van der Waals surface area (Å²) in [6, 6.07) is 3.17. The van der Waals surface area contributed by atoms with Gasteiger partial charge in [0.15, 0.2) is 0 Å². The van der Waals surface area contributed by atoms with Gasteiger partial charge in [0, 0.05) is 0 Å². The quantitative estimate of drug-likeness (QED) is 0.872. The monoisotopic (exact) mass is 250 g/mol. The Bertz CT molecular complexity index is 425. The van der Waals surface area contributed by atoms with Crippen molar-refractivity contribution in [2.24, 2.45) is 5.92 Å². The molecule has 1 atom stereocenters. The molecule has 1 unspecified atom stereocenters. The van der Waals surface area contributed by atoms with Gasteiger partial charge in [-0.15, -0.1) is 0 Å². The number of hydrogen-bond acceptors (Lipinski definition) is 3. The predicted molar refractivity (Wildman–Crippen MR) is 65.5 cm³/mol. The number of amides is 2. The van der Waals surface area contributed by atoms with Gasteiger partial charge in [-0.05, 0) is 24.5 Å². The van der Waals surface area contributed by atoms with Crippen molar-refractivity contribution < 1.29 is 14.0 Å². The van der Waals surface area contributed by atoms with Crippen LogP contribution in [0.15, 0.2) is 22.8 Å². The van der Waals surface area contributed by atoms with Crippen LogP contribution in [-0.4, -0.2) is 29.3 Å². The Hall–Kier alpha value is -1.78. The minimum absolute atomic E-state index is 0.0281. The van der Waals surface area contributed by atoms with Gasteiger partial charge in [-0.2, -0.15) is 0 Å². The summed E-state index contributed by atoms with van der Waals surface area (Å²) in [6.45, 7) is 4.53. The molecule has 2 heterocycles. The van der Waals surface area contributed by atoms with Crippen LogP contribution in [0.4, 0.5) is 0 Å². The van der Waals surface area contributed by atoms with E-state index in [2.05, 4.69) is 5.32 Å². The first kappa shape index (κ1) is 12.7. The van der Waals surface area contributed by atoms with Crippen LogP contribution in [0.2, 0.25) is 0 Å². The summed E-state index contributed by atoms with van der Waals surface area (Å²) in [5.41, 5.74) is 0. The fourth-order valence-electron chi connectivity index (χ4n) is 2.13. The highest BCUT2D eigenvalue weighted by Crippen LogP contribution is 2.14. The van der Waals surface area contributed by atoms with Gasteiger partial charge in [0.05, 0.1) is 12.8 Å². The zero-order valence-corrected chi connectivity index (χ0v) is 10.7. The molecule has 98 valence electrons. The number of carbonyl (C=O) groups excluding carboxylic acids is 2. The molecule has 1 aromatic heterocycles. The molecule has 1 saturated heterocycles. The highest BCUT2D eigenvalue weighted by Gasteiger charge is 2.33. The third-order valence-electron chi connectivity index (χ3n) is 2.91. The van der Waals surface area contributed by atoms with Gasteiger partial charge in [-0.1, -0.05) is 13.8 Å². The Balaban J connectivity index is 2.05. The molecule has 0 aliphatic carbocycles. The second-order valence-electron chi connectivity index (χ2n) is 5.02. The Morgan fingerprint density at radius 2 is 2.28 bits per heavy atom. The van der Waals surface area contributed by atoms with E-state index in [9.17, 15) is 9.59 Å². The lowest BCUT2D eigenvalue weighted by molar-refractivity contribution is -0.145. The average molecular weight is 250 g/mol. The molecule has 0 radical (unpaired) electrons. The molecule has 1 N–H and O–H groups in total. The molecular weight excluding hydrogens is 232 g/mol. The third kappa shape index (κ3) is 2.91. The Labute approximate surface area is 106 Å². The summed E-state index contributed by atoms with van der Waals surface area (Å²) in [6.07, 6.45) is 2.23. The van der Waals surface area contributed by atoms with Crippen LogP contribution in [0.25, 0.3) is 0 Å². The first-order valence-corrected chi connectivity index (χ1v) is 6.17. The SMILES string of the molecule is CC(C)CC1NC(=O)CN(Cc2ccco2)C1=O. The van der Waals surface area contributed by atoms with Crippen molar-refractivity contribution in [2.45, 2.75) is 32.9 Å². The van der Waals surface area contributed by atoms with E-state index < -0.39 is 6.04 Å². The van der Waals surface area contributed by atoms with Crippen LogP contribution < -0.4 is 5.32 Å². The fraction of sp³-hybridized carbons (Fsp3) is 0.538. The zero-order valence-electron chi connectivity index (χ0n) is 10.7. The van der Waals surface area contributed by atoms with E-state index in [-0.39, 0.29) is 18.4 Å². The van der Waals surface area contributed by atoms with E-state index in [1.165, 1.54) is 0 Å². The molecular formula is C13H18N2O3. The van der Waals surface area contributed by atoms with E-state index >= 15 is 0 Å². The molecule has 2 amide bonds. The highest BCUT2D eigenvalue weighted by molar-refractivity contribution is 5.94. The predicted octanol–water partition coefficient (Wildman–Crippen LogP) is 1.15. The summed E-state index contributed by atoms with van der Waals surface area (Å²) in [5, 5.41) is 2.75. The molecule has 5 heteroatoms. The van der Waals surface area contributed by atoms with E-state index in [4.69, 9.17) is 4.42 Å². The maximum Gasteiger partial charge on any atom is 0.246 e. The van der Waals surface area contributed by atoms with Crippen LogP contribution in [-0.2, 0) is 16.1 Å². The largest absolute Gasteiger partial charge is 0.467 e. The number of furan rings is 1. The molecule has 0 saturated carbocycles. The normalized spacial score (nSPS) is 20.4. The number of nitrogens with one attached hydrogen (secondary N) is 1. The lowest BCUT2D eigenvalue weighted by atomic mass is 10.0. The summed E-state index contributed by atoms with van der Waals surface area (Å²) in [5.74, 6) is 0.927. The molecule has 1 aliphatic rings. The fourth-order valence-corrected chi connectivity index (χ4v) is 2.13. The molecule has 1 fully saturated rings. The van der Waals surface area contributed by atoms with Gasteiger partial charge >= 0.3 is 0 Å². The van der Waals surface area contributed by atoms with Gasteiger partial charge in [0.25, 0.3) is 0 Å². The van der Waals surface area contributed by atoms with Crippen LogP contribution >= 0.6 is 0 Å². The van der Waals surface area contributed by atoms with Gasteiger partial charge < -0.3 is 14.6 Å². The second-order valence-corrected chi connectivity index (χ2v) is 5.02. The highest BCUT2D eigenvalue weighted by atomic mass is 16.3. The number of nitrogens with zero attached hydrogens (tertiary/aromatic N) is 1. The molecule has 1 aromatic rings. The number of carbonyl (C=O) groups is 2. The topological polar surface area (TPSA) is 62.6 Å². The van der Waals surface area contributed by atoms with E-state index in [0.717, 1.165) is 0 Å². The maximum absolute atomic E-state index is 12.2. The molecule has 0 bridgehead atoms. The first-order chi connectivity index (χ1) is 8.56. The summed E-state index contributed by atoms with van der Waals surface area (Å²) in [4.78, 5) is 25.4. The summed E-state index contributed by atoms with van der Waals surface area (Å²) >= 11 is 0. The molecule has 1 aliphatic heterocycles. The third-order valence-corrected chi connectivity index (χ3v) is 2.91. The zero-order chi connectivity index (χ0) is 13.1. The van der Waals surface area contributed by atoms with E-state index in [1.807, 2.05) is 13.8 Å². The van der Waals surface area contributed by atoms with E-state index in [0.29, 0.717) is 24.6 Å². The minimum atomic E-state index is -0.402. The Kier molecular flexibility index (Phi) is 3.69. The Morgan fingerprint density at radius 3 is 2.89 bits per heavy atom. The summed E-state index contributed by atoms with van der Waals surface area (Å²) < 4.78 is 5.21. The number of piperazine rings is 1. The first-order valence-electron chi connectivity index (χ1n) is 6.17. The van der Waals surface area contributed by atoms with Crippen molar-refractivity contribution in [3.05, 3.63) is 24.2 Å². The van der Waals surface area contributed by atoms with Gasteiger partial charge in [-0.3, -0.25) is 9.59 Å². The van der Waals surface area contributed by atoms with Crippen molar-refractivity contribution in [2.75, 3.05) is 6.54 Å². The van der Waals surface area contributed by atoms with Crippen LogP contribution in [0, 0.1) is 5.92 Å². The molecule has 2 rings (SSSR count).